The Balaban J connectivity index is 2.11. The number of carbonyl (C=O) groups excluding carboxylic acids is 3. The molecule has 0 bridgehead atoms. The number of hydrogen-bond acceptors (Lipinski definition) is 6. The molecule has 170 valence electrons. The number of primary amides is 1. The summed E-state index contributed by atoms with van der Waals surface area (Å²) in [5.74, 6) is -1.17. The standard InChI is InChI=1S/C22H25ClN4O5/c1-13(2)19(26-21(29)14-6-4-8-16(23)10-14)22(30)27-25-11-15-7-5-9-17(31-3)20(15)32-12-18(24)28/h4-11,13,19H,12H2,1-3H3,(H2,24,28)(H,26,29)(H,27,30). The van der Waals surface area contributed by atoms with Crippen molar-refractivity contribution in [2.24, 2.45) is 16.8 Å². The second-order valence-corrected chi connectivity index (χ2v) is 7.51. The monoisotopic (exact) mass is 460 g/mol. The van der Waals surface area contributed by atoms with Gasteiger partial charge in [-0.05, 0) is 36.2 Å². The number of carbonyl (C=O) groups is 3. The van der Waals surface area contributed by atoms with Gasteiger partial charge in [-0.25, -0.2) is 5.43 Å². The molecule has 0 heterocycles. The maximum atomic E-state index is 12.6. The number of amides is 3. The lowest BCUT2D eigenvalue weighted by Crippen LogP contribution is -2.48. The second kappa shape index (κ2) is 11.7. The maximum Gasteiger partial charge on any atom is 0.262 e. The SMILES string of the molecule is COc1cccc(C=NNC(=O)C(NC(=O)c2cccc(Cl)c2)C(C)C)c1OCC(N)=O. The van der Waals surface area contributed by atoms with Crippen molar-refractivity contribution in [2.75, 3.05) is 13.7 Å². The van der Waals surface area contributed by atoms with E-state index >= 15 is 0 Å². The van der Waals surface area contributed by atoms with Gasteiger partial charge in [-0.1, -0.05) is 37.6 Å². The van der Waals surface area contributed by atoms with E-state index in [4.69, 9.17) is 26.8 Å². The Bertz CT molecular complexity index is 1010. The second-order valence-electron chi connectivity index (χ2n) is 7.07. The van der Waals surface area contributed by atoms with Crippen LogP contribution in [0.3, 0.4) is 0 Å². The summed E-state index contributed by atoms with van der Waals surface area (Å²) in [6.45, 7) is 3.24. The van der Waals surface area contributed by atoms with Gasteiger partial charge in [0.1, 0.15) is 6.04 Å². The summed E-state index contributed by atoms with van der Waals surface area (Å²) in [4.78, 5) is 36.2. The fraction of sp³-hybridized carbons (Fsp3) is 0.273. The van der Waals surface area contributed by atoms with Gasteiger partial charge in [0.05, 0.1) is 13.3 Å². The third-order valence-electron chi connectivity index (χ3n) is 4.29. The molecule has 0 saturated carbocycles. The number of methoxy groups -OCH3 is 1. The highest BCUT2D eigenvalue weighted by atomic mass is 35.5. The summed E-state index contributed by atoms with van der Waals surface area (Å²) in [5.41, 5.74) is 8.34. The smallest absolute Gasteiger partial charge is 0.262 e. The highest BCUT2D eigenvalue weighted by Crippen LogP contribution is 2.29. The molecule has 1 atom stereocenters. The Morgan fingerprint density at radius 1 is 1.19 bits per heavy atom. The van der Waals surface area contributed by atoms with Crippen molar-refractivity contribution in [3.63, 3.8) is 0 Å². The van der Waals surface area contributed by atoms with Crippen LogP contribution in [0.15, 0.2) is 47.6 Å². The normalized spacial score (nSPS) is 11.8. The van der Waals surface area contributed by atoms with Crippen LogP contribution in [0.5, 0.6) is 11.5 Å². The van der Waals surface area contributed by atoms with Crippen molar-refractivity contribution < 1.29 is 23.9 Å². The van der Waals surface area contributed by atoms with Crippen LogP contribution in [0.1, 0.15) is 29.8 Å². The molecular weight excluding hydrogens is 436 g/mol. The van der Waals surface area contributed by atoms with Crippen molar-refractivity contribution >= 4 is 35.5 Å². The molecule has 1 unspecified atom stereocenters. The van der Waals surface area contributed by atoms with Crippen molar-refractivity contribution in [2.45, 2.75) is 19.9 Å². The topological polar surface area (TPSA) is 132 Å². The number of rotatable bonds is 10. The van der Waals surface area contributed by atoms with Gasteiger partial charge in [0.25, 0.3) is 17.7 Å². The summed E-state index contributed by atoms with van der Waals surface area (Å²) >= 11 is 5.93. The molecule has 3 amide bonds. The number of nitrogens with zero attached hydrogens (tertiary/aromatic N) is 1. The van der Waals surface area contributed by atoms with Gasteiger partial charge in [0.2, 0.25) is 0 Å². The minimum Gasteiger partial charge on any atom is -0.493 e. The highest BCUT2D eigenvalue weighted by Gasteiger charge is 2.24. The molecule has 0 fully saturated rings. The Hall–Kier alpha value is -3.59. The molecule has 2 aromatic carbocycles. The summed E-state index contributed by atoms with van der Waals surface area (Å²) in [6.07, 6.45) is 1.34. The fourth-order valence-corrected chi connectivity index (χ4v) is 2.91. The Labute approximate surface area is 190 Å². The quantitative estimate of drug-likeness (QED) is 0.369. The molecule has 0 aliphatic heterocycles. The van der Waals surface area contributed by atoms with E-state index in [-0.39, 0.29) is 18.3 Å². The maximum absolute atomic E-state index is 12.6. The van der Waals surface area contributed by atoms with E-state index in [1.54, 1.807) is 50.2 Å². The number of hydrogen-bond donors (Lipinski definition) is 3. The van der Waals surface area contributed by atoms with Crippen molar-refractivity contribution in [1.29, 1.82) is 0 Å². The Kier molecular flexibility index (Phi) is 9.03. The van der Waals surface area contributed by atoms with Gasteiger partial charge in [0, 0.05) is 16.1 Å². The first kappa shape index (κ1) is 24.7. The van der Waals surface area contributed by atoms with E-state index in [1.807, 2.05) is 0 Å². The van der Waals surface area contributed by atoms with Gasteiger partial charge in [-0.15, -0.1) is 0 Å². The molecule has 2 rings (SSSR count). The first-order chi connectivity index (χ1) is 15.2. The lowest BCUT2D eigenvalue weighted by Gasteiger charge is -2.20. The number of para-hydroxylation sites is 1. The zero-order valence-electron chi connectivity index (χ0n) is 17.9. The average molecular weight is 461 g/mol. The third-order valence-corrected chi connectivity index (χ3v) is 4.52. The average Bonchev–Trinajstić information content (AvgIpc) is 2.75. The van der Waals surface area contributed by atoms with Gasteiger partial charge < -0.3 is 20.5 Å². The molecule has 9 nitrogen and oxygen atoms in total. The molecule has 32 heavy (non-hydrogen) atoms. The summed E-state index contributed by atoms with van der Waals surface area (Å²) in [7, 11) is 1.45. The third kappa shape index (κ3) is 6.98. The minimum absolute atomic E-state index is 0.209. The van der Waals surface area contributed by atoms with E-state index < -0.39 is 23.8 Å². The predicted octanol–water partition coefficient (Wildman–Crippen LogP) is 2.12. The lowest BCUT2D eigenvalue weighted by atomic mass is 10.0. The fourth-order valence-electron chi connectivity index (χ4n) is 2.72. The van der Waals surface area contributed by atoms with Crippen molar-refractivity contribution in [1.82, 2.24) is 10.7 Å². The minimum atomic E-state index is -0.838. The van der Waals surface area contributed by atoms with Gasteiger partial charge in [0.15, 0.2) is 18.1 Å². The Morgan fingerprint density at radius 2 is 1.91 bits per heavy atom. The van der Waals surface area contributed by atoms with Crippen LogP contribution >= 0.6 is 11.6 Å². The molecule has 4 N–H and O–H groups in total. The van der Waals surface area contributed by atoms with Crippen LogP contribution < -0.4 is 25.9 Å². The molecule has 2 aromatic rings. The Morgan fingerprint density at radius 3 is 2.53 bits per heavy atom. The van der Waals surface area contributed by atoms with E-state index in [2.05, 4.69) is 15.8 Å². The number of benzene rings is 2. The van der Waals surface area contributed by atoms with E-state index in [1.165, 1.54) is 19.4 Å². The van der Waals surface area contributed by atoms with Crippen LogP contribution in [-0.2, 0) is 9.59 Å². The molecule has 0 spiro atoms. The molecule has 0 radical (unpaired) electrons. The van der Waals surface area contributed by atoms with Crippen LogP contribution in [-0.4, -0.2) is 43.7 Å². The number of halogens is 1. The van der Waals surface area contributed by atoms with E-state index in [0.717, 1.165) is 0 Å². The molecule has 0 aromatic heterocycles. The van der Waals surface area contributed by atoms with Crippen LogP contribution in [0.4, 0.5) is 0 Å². The first-order valence-electron chi connectivity index (χ1n) is 9.70. The largest absolute Gasteiger partial charge is 0.493 e. The summed E-state index contributed by atoms with van der Waals surface area (Å²) < 4.78 is 10.6. The number of hydrazone groups is 1. The summed E-state index contributed by atoms with van der Waals surface area (Å²) in [6, 6.07) is 10.6. The van der Waals surface area contributed by atoms with E-state index in [9.17, 15) is 14.4 Å². The molecule has 10 heteroatoms. The zero-order chi connectivity index (χ0) is 23.7. The number of nitrogens with two attached hydrogens (primary N) is 1. The highest BCUT2D eigenvalue weighted by molar-refractivity contribution is 6.31. The molecule has 0 aliphatic rings. The molecular formula is C22H25ClN4O5. The van der Waals surface area contributed by atoms with Gasteiger partial charge in [-0.2, -0.15) is 5.10 Å². The van der Waals surface area contributed by atoms with Gasteiger partial charge in [-0.3, -0.25) is 14.4 Å². The van der Waals surface area contributed by atoms with Crippen molar-refractivity contribution in [3.8, 4) is 11.5 Å². The summed E-state index contributed by atoms with van der Waals surface area (Å²) in [5, 5.41) is 7.06. The van der Waals surface area contributed by atoms with E-state index in [0.29, 0.717) is 21.9 Å². The lowest BCUT2D eigenvalue weighted by molar-refractivity contribution is -0.124. The number of nitrogens with one attached hydrogen (secondary N) is 2. The zero-order valence-corrected chi connectivity index (χ0v) is 18.7. The van der Waals surface area contributed by atoms with Crippen molar-refractivity contribution in [3.05, 3.63) is 58.6 Å². The van der Waals surface area contributed by atoms with Crippen LogP contribution in [0.25, 0.3) is 0 Å². The van der Waals surface area contributed by atoms with Crippen LogP contribution in [0, 0.1) is 5.92 Å². The van der Waals surface area contributed by atoms with Gasteiger partial charge >= 0.3 is 0 Å². The molecule has 0 aliphatic carbocycles. The predicted molar refractivity (Wildman–Crippen MR) is 121 cm³/mol. The molecule has 0 saturated heterocycles. The van der Waals surface area contributed by atoms with Crippen LogP contribution in [0.2, 0.25) is 5.02 Å². The first-order valence-corrected chi connectivity index (χ1v) is 10.1. The number of ether oxygens (including phenoxy) is 2.